The first-order chi connectivity index (χ1) is 23.8. The highest BCUT2D eigenvalue weighted by Crippen LogP contribution is 2.49. The number of nitrogens with zero attached hydrogens (tertiary/aromatic N) is 4. The van der Waals surface area contributed by atoms with Gasteiger partial charge in [0.2, 0.25) is 11.8 Å². The zero-order valence-electron chi connectivity index (χ0n) is 28.8. The van der Waals surface area contributed by atoms with E-state index in [-0.39, 0.29) is 40.8 Å². The van der Waals surface area contributed by atoms with E-state index in [4.69, 9.17) is 29.0 Å². The topological polar surface area (TPSA) is 202 Å². The molecule has 6 rings (SSSR count). The number of nitrogens with two attached hydrogens (primary N) is 1. The smallest absolute Gasteiger partial charge is 0.459 e. The molecule has 16 heteroatoms. The number of aliphatic hydroxyl groups excluding tert-OH is 1. The van der Waals surface area contributed by atoms with Gasteiger partial charge in [0.1, 0.15) is 41.5 Å². The highest BCUT2D eigenvalue weighted by atomic mass is 31.2. The van der Waals surface area contributed by atoms with Gasteiger partial charge >= 0.3 is 13.7 Å². The van der Waals surface area contributed by atoms with E-state index in [2.05, 4.69) is 20.0 Å². The van der Waals surface area contributed by atoms with E-state index in [0.29, 0.717) is 11.2 Å². The minimum Gasteiger partial charge on any atom is -0.479 e. The van der Waals surface area contributed by atoms with Gasteiger partial charge in [0, 0.05) is 5.39 Å². The number of carbonyl (C=O) groups excluding carboxylic acids is 1. The summed E-state index contributed by atoms with van der Waals surface area (Å²) in [6, 6.07) is 11.7. The van der Waals surface area contributed by atoms with Crippen molar-refractivity contribution < 1.29 is 42.8 Å². The quantitative estimate of drug-likeness (QED) is 0.117. The average Bonchev–Trinajstić information content (AvgIpc) is 3.52. The third-order valence-corrected chi connectivity index (χ3v) is 10.8. The van der Waals surface area contributed by atoms with Crippen LogP contribution in [0.3, 0.4) is 0 Å². The van der Waals surface area contributed by atoms with E-state index in [1.54, 1.807) is 32.9 Å². The van der Waals surface area contributed by atoms with Crippen LogP contribution in [0.1, 0.15) is 64.9 Å². The summed E-state index contributed by atoms with van der Waals surface area (Å²) in [4.78, 5) is 26.4. The van der Waals surface area contributed by atoms with Gasteiger partial charge in [0.15, 0.2) is 17.4 Å². The lowest BCUT2D eigenvalue weighted by atomic mass is 9.96. The zero-order chi connectivity index (χ0) is 35.8. The fourth-order valence-corrected chi connectivity index (χ4v) is 8.27. The van der Waals surface area contributed by atoms with E-state index in [0.717, 1.165) is 37.5 Å². The Balaban J connectivity index is 1.29. The Morgan fingerprint density at radius 1 is 1.14 bits per heavy atom. The first-order valence-corrected chi connectivity index (χ1v) is 18.4. The Morgan fingerprint density at radius 3 is 2.58 bits per heavy atom. The maximum absolute atomic E-state index is 14.8. The number of esters is 1. The van der Waals surface area contributed by atoms with Crippen LogP contribution in [-0.2, 0) is 23.4 Å². The van der Waals surface area contributed by atoms with Crippen LogP contribution in [0.4, 0.5) is 5.95 Å². The lowest BCUT2D eigenvalue weighted by Gasteiger charge is -2.30. The number of imidazole rings is 1. The van der Waals surface area contributed by atoms with Crippen molar-refractivity contribution in [3.8, 4) is 11.6 Å². The molecule has 15 nitrogen and oxygen atoms in total. The SMILES string of the molecule is COc1nc(N)nc2c1nc(C)n2C1OC(COP(=O)(NC(C(=O)OC2CCCCC2)C(C)C)Oc2cccc3ccccc23)C(O)C1(C)O. The fraction of sp³-hybridized carbons (Fsp3) is 0.529. The molecule has 1 aliphatic heterocycles. The van der Waals surface area contributed by atoms with Crippen molar-refractivity contribution in [1.82, 2.24) is 24.6 Å². The van der Waals surface area contributed by atoms with Crippen LogP contribution >= 0.6 is 7.75 Å². The highest BCUT2D eigenvalue weighted by molar-refractivity contribution is 7.52. The van der Waals surface area contributed by atoms with E-state index in [1.165, 1.54) is 18.6 Å². The monoisotopic (exact) mass is 712 g/mol. The van der Waals surface area contributed by atoms with Crippen molar-refractivity contribution in [2.24, 2.45) is 5.92 Å². The minimum absolute atomic E-state index is 0.0899. The second-order valence-corrected chi connectivity index (χ2v) is 15.1. The Labute approximate surface area is 290 Å². The normalized spacial score (nSPS) is 24.8. The van der Waals surface area contributed by atoms with Crippen molar-refractivity contribution in [3.05, 3.63) is 48.3 Å². The summed E-state index contributed by atoms with van der Waals surface area (Å²) in [6.07, 6.45) is 0.383. The number of ether oxygens (including phenoxy) is 3. The van der Waals surface area contributed by atoms with E-state index in [1.807, 2.05) is 30.3 Å². The molecule has 50 heavy (non-hydrogen) atoms. The number of nitrogens with one attached hydrogen (secondary N) is 1. The maximum atomic E-state index is 14.8. The number of rotatable bonds is 12. The van der Waals surface area contributed by atoms with Gasteiger partial charge in [-0.3, -0.25) is 13.9 Å². The van der Waals surface area contributed by atoms with Crippen LogP contribution in [0.25, 0.3) is 21.9 Å². The number of hydrogen-bond acceptors (Lipinski definition) is 13. The molecule has 2 fully saturated rings. The number of nitrogen functional groups attached to an aromatic ring is 1. The highest BCUT2D eigenvalue weighted by Gasteiger charge is 2.55. The maximum Gasteiger partial charge on any atom is 0.459 e. The molecule has 4 aromatic rings. The van der Waals surface area contributed by atoms with Crippen LogP contribution in [0, 0.1) is 12.8 Å². The van der Waals surface area contributed by atoms with Crippen LogP contribution < -0.4 is 20.1 Å². The molecule has 0 spiro atoms. The molecule has 0 amide bonds. The predicted molar refractivity (Wildman–Crippen MR) is 184 cm³/mol. The van der Waals surface area contributed by atoms with Gasteiger partial charge in [-0.25, -0.2) is 9.55 Å². The summed E-state index contributed by atoms with van der Waals surface area (Å²) in [7, 11) is -3.01. The Hall–Kier alpha value is -3.85. The lowest BCUT2D eigenvalue weighted by molar-refractivity contribution is -0.153. The van der Waals surface area contributed by atoms with E-state index >= 15 is 0 Å². The van der Waals surface area contributed by atoms with E-state index in [9.17, 15) is 19.6 Å². The third kappa shape index (κ3) is 7.16. The van der Waals surface area contributed by atoms with Crippen LogP contribution in [-0.4, -0.2) is 79.4 Å². The number of fused-ring (bicyclic) bond motifs is 2. The first kappa shape index (κ1) is 36.0. The average molecular weight is 713 g/mol. The number of aryl methyl sites for hydroxylation is 1. The third-order valence-electron chi connectivity index (χ3n) is 9.31. The van der Waals surface area contributed by atoms with Gasteiger partial charge in [0.05, 0.1) is 13.7 Å². The van der Waals surface area contributed by atoms with E-state index < -0.39 is 50.4 Å². The standard InChI is InChI=1S/C34H45N6O9P/c1-19(2)26(31(42)47-22-14-7-6-8-15-22)39-50(44,49-24-17-11-13-21-12-9-10-16-23(21)24)46-18-25-28(41)34(4,43)32(48-25)40-20(3)36-27-29(40)37-33(35)38-30(27)45-5/h9-13,16-17,19,22,25-26,28,32,41,43H,6-8,14-15,18H2,1-5H3,(H,39,44)(H2,35,37,38). The molecule has 2 aromatic carbocycles. The van der Waals surface area contributed by atoms with Gasteiger partial charge < -0.3 is 34.7 Å². The molecule has 270 valence electrons. The van der Waals surface area contributed by atoms with Crippen LogP contribution in [0.5, 0.6) is 11.6 Å². The Morgan fingerprint density at radius 2 is 1.86 bits per heavy atom. The fourth-order valence-electron chi connectivity index (χ4n) is 6.58. The van der Waals surface area contributed by atoms with Crippen molar-refractivity contribution in [1.29, 1.82) is 0 Å². The van der Waals surface area contributed by atoms with Crippen LogP contribution in [0.15, 0.2) is 42.5 Å². The summed E-state index contributed by atoms with van der Waals surface area (Å²) in [6.45, 7) is 6.17. The Bertz CT molecular complexity index is 1890. The predicted octanol–water partition coefficient (Wildman–Crippen LogP) is 4.58. The summed E-state index contributed by atoms with van der Waals surface area (Å²) in [5.41, 5.74) is 4.52. The largest absolute Gasteiger partial charge is 0.479 e. The van der Waals surface area contributed by atoms with Crippen molar-refractivity contribution in [3.63, 3.8) is 0 Å². The summed E-state index contributed by atoms with van der Waals surface area (Å²) >= 11 is 0. The molecule has 3 heterocycles. The second kappa shape index (κ2) is 14.4. The zero-order valence-corrected chi connectivity index (χ0v) is 29.7. The molecule has 0 bridgehead atoms. The molecule has 1 saturated heterocycles. The molecule has 2 aliphatic rings. The molecule has 6 unspecified atom stereocenters. The molecule has 1 saturated carbocycles. The Kier molecular flexibility index (Phi) is 10.4. The lowest BCUT2D eigenvalue weighted by Crippen LogP contribution is -2.45. The number of hydrogen-bond donors (Lipinski definition) is 4. The first-order valence-electron chi connectivity index (χ1n) is 16.8. The number of carbonyl (C=O) groups is 1. The molecular formula is C34H45N6O9P. The number of aliphatic hydroxyl groups is 2. The second-order valence-electron chi connectivity index (χ2n) is 13.4. The van der Waals surface area contributed by atoms with Crippen molar-refractivity contribution >= 4 is 41.6 Å². The van der Waals surface area contributed by atoms with Gasteiger partial charge in [-0.15, -0.1) is 0 Å². The summed E-state index contributed by atoms with van der Waals surface area (Å²) < 4.78 is 45.8. The van der Waals surface area contributed by atoms with Gasteiger partial charge in [-0.05, 0) is 56.9 Å². The number of methoxy groups -OCH3 is 1. The molecule has 0 radical (unpaired) electrons. The number of aromatic nitrogens is 4. The van der Waals surface area contributed by atoms with Gasteiger partial charge in [0.25, 0.3) is 0 Å². The summed E-state index contributed by atoms with van der Waals surface area (Å²) in [5.74, 6) is -0.246. The molecule has 1 aliphatic carbocycles. The number of anilines is 1. The van der Waals surface area contributed by atoms with Gasteiger partial charge in [-0.1, -0.05) is 56.7 Å². The van der Waals surface area contributed by atoms with Crippen molar-refractivity contribution in [2.45, 2.75) is 96.0 Å². The minimum atomic E-state index is -4.43. The van der Waals surface area contributed by atoms with Crippen LogP contribution in [0.2, 0.25) is 0 Å². The number of benzene rings is 2. The molecule has 5 N–H and O–H groups in total. The van der Waals surface area contributed by atoms with Crippen molar-refractivity contribution in [2.75, 3.05) is 19.5 Å². The summed E-state index contributed by atoms with van der Waals surface area (Å²) in [5, 5.41) is 27.4. The molecular weight excluding hydrogens is 667 g/mol. The molecule has 6 atom stereocenters. The van der Waals surface area contributed by atoms with Gasteiger partial charge in [-0.2, -0.15) is 15.1 Å². The molecule has 2 aromatic heterocycles.